The molecule has 13 rings (SSSR count). The summed E-state index contributed by atoms with van der Waals surface area (Å²) < 4.78 is 12.9. The first kappa shape index (κ1) is 40.7. The number of aromatic hydroxyl groups is 2. The van der Waals surface area contributed by atoms with Gasteiger partial charge in [-0.15, -0.1) is 0 Å². The van der Waals surface area contributed by atoms with Crippen molar-refractivity contribution in [1.29, 1.82) is 0 Å². The lowest BCUT2D eigenvalue weighted by Gasteiger charge is -2.13. The largest absolute Gasteiger partial charge is 0.507 e. The molecule has 0 unspecified atom stereocenters. The Hall–Kier alpha value is -8.08. The minimum atomic E-state index is 0.254. The predicted octanol–water partition coefficient (Wildman–Crippen LogP) is 17.9. The molecule has 1 fully saturated rings. The third-order valence-corrected chi connectivity index (χ3v) is 13.0. The lowest BCUT2D eigenvalue weighted by Crippen LogP contribution is -1.87. The molecule has 1 aliphatic carbocycles. The van der Waals surface area contributed by atoms with E-state index in [0.717, 1.165) is 110 Å². The summed E-state index contributed by atoms with van der Waals surface area (Å²) in [5, 5.41) is 32.5. The lowest BCUT2D eigenvalue weighted by atomic mass is 9.91. The molecule has 12 aromatic rings. The Morgan fingerprint density at radius 3 is 0.970 bits per heavy atom. The fourth-order valence-corrected chi connectivity index (χ4v) is 9.79. The van der Waals surface area contributed by atoms with E-state index >= 15 is 0 Å². The second-order valence-corrected chi connectivity index (χ2v) is 17.2. The van der Waals surface area contributed by atoms with Crippen LogP contribution < -0.4 is 0 Å². The van der Waals surface area contributed by atoms with Gasteiger partial charge in [-0.2, -0.15) is 0 Å². The maximum absolute atomic E-state index is 11.0. The van der Waals surface area contributed by atoms with Crippen molar-refractivity contribution in [3.05, 3.63) is 206 Å². The van der Waals surface area contributed by atoms with Crippen LogP contribution in [0.3, 0.4) is 0 Å². The van der Waals surface area contributed by atoms with Crippen LogP contribution in [0.15, 0.2) is 215 Å². The molecule has 1 saturated carbocycles. The van der Waals surface area contributed by atoms with Gasteiger partial charge in [0.1, 0.15) is 34.2 Å². The molecule has 10 aromatic carbocycles. The van der Waals surface area contributed by atoms with Crippen molar-refractivity contribution >= 4 is 65.0 Å². The van der Waals surface area contributed by atoms with Crippen LogP contribution in [-0.2, 0) is 0 Å². The molecular formula is C62H48O4. The Morgan fingerprint density at radius 2 is 0.591 bits per heavy atom. The van der Waals surface area contributed by atoms with Crippen molar-refractivity contribution in [2.75, 3.05) is 0 Å². The molecule has 2 aromatic heterocycles. The molecule has 0 atom stereocenters. The van der Waals surface area contributed by atoms with Crippen LogP contribution in [0.4, 0.5) is 0 Å². The highest BCUT2D eigenvalue weighted by atomic mass is 16.3. The highest BCUT2D eigenvalue weighted by molar-refractivity contribution is 6.18. The van der Waals surface area contributed by atoms with Crippen molar-refractivity contribution in [3.63, 3.8) is 0 Å². The fourth-order valence-electron chi connectivity index (χ4n) is 9.79. The zero-order valence-electron chi connectivity index (χ0n) is 36.6. The fraction of sp³-hybridized carbons (Fsp3) is 0.0968. The van der Waals surface area contributed by atoms with Gasteiger partial charge in [0.05, 0.1) is 0 Å². The van der Waals surface area contributed by atoms with Crippen molar-refractivity contribution in [2.45, 2.75) is 38.5 Å². The summed E-state index contributed by atoms with van der Waals surface area (Å²) in [6.45, 7) is 0. The van der Waals surface area contributed by atoms with E-state index in [1.54, 1.807) is 12.1 Å². The molecule has 0 spiro atoms. The molecule has 1 aliphatic rings. The number of phenolic OH excluding ortho intramolecular Hbond substituents is 2. The summed E-state index contributed by atoms with van der Waals surface area (Å²) in [7, 11) is 0. The van der Waals surface area contributed by atoms with Gasteiger partial charge in [0, 0.05) is 44.2 Å². The molecule has 4 nitrogen and oxygen atoms in total. The summed E-state index contributed by atoms with van der Waals surface area (Å²) in [6.07, 6.45) is 9.00. The van der Waals surface area contributed by atoms with Gasteiger partial charge < -0.3 is 19.0 Å². The molecular weight excluding hydrogens is 809 g/mol. The van der Waals surface area contributed by atoms with E-state index in [1.807, 2.05) is 121 Å². The Bertz CT molecular complexity index is 3420. The van der Waals surface area contributed by atoms with Crippen LogP contribution in [0.1, 0.15) is 38.5 Å². The molecule has 0 bridgehead atoms. The highest BCUT2D eigenvalue weighted by Crippen LogP contribution is 2.47. The molecule has 2 N–H and O–H groups in total. The molecule has 0 saturated heterocycles. The number of hydrogen-bond donors (Lipinski definition) is 2. The molecule has 0 radical (unpaired) electrons. The molecule has 320 valence electrons. The van der Waals surface area contributed by atoms with Crippen LogP contribution in [0.2, 0.25) is 0 Å². The van der Waals surface area contributed by atoms with Gasteiger partial charge in [-0.05, 0) is 79.5 Å². The average Bonchev–Trinajstić information content (AvgIpc) is 4.02. The second-order valence-electron chi connectivity index (χ2n) is 17.2. The number of rotatable bonds is 4. The SMILES string of the molecule is C1CCCCC1.Oc1ccc2ccccc2c1-c1c2ccccc2cc2cc(-c3ccccc3)oc12.Oc1ccc2ccccc2c1-c1c2ccccc2cc2cc(-c3ccccc3)oc12. The predicted molar refractivity (Wildman–Crippen MR) is 275 cm³/mol. The van der Waals surface area contributed by atoms with Crippen LogP contribution in [-0.4, -0.2) is 10.2 Å². The second kappa shape index (κ2) is 17.8. The van der Waals surface area contributed by atoms with Crippen LogP contribution in [0.25, 0.3) is 110 Å². The zero-order chi connectivity index (χ0) is 44.4. The van der Waals surface area contributed by atoms with Gasteiger partial charge >= 0.3 is 0 Å². The van der Waals surface area contributed by atoms with Gasteiger partial charge in [0.15, 0.2) is 0 Å². The van der Waals surface area contributed by atoms with E-state index in [1.165, 1.54) is 38.5 Å². The van der Waals surface area contributed by atoms with Crippen LogP contribution >= 0.6 is 0 Å². The molecule has 2 heterocycles. The zero-order valence-corrected chi connectivity index (χ0v) is 36.6. The summed E-state index contributed by atoms with van der Waals surface area (Å²) in [6, 6.07) is 69.0. The van der Waals surface area contributed by atoms with Gasteiger partial charge in [0.2, 0.25) is 0 Å². The normalized spacial score (nSPS) is 12.6. The van der Waals surface area contributed by atoms with Gasteiger partial charge in [-0.1, -0.05) is 208 Å². The van der Waals surface area contributed by atoms with E-state index < -0.39 is 0 Å². The van der Waals surface area contributed by atoms with E-state index in [0.29, 0.717) is 0 Å². The summed E-state index contributed by atoms with van der Waals surface area (Å²) in [5.41, 5.74) is 7.13. The highest BCUT2D eigenvalue weighted by Gasteiger charge is 2.22. The Labute approximate surface area is 383 Å². The number of benzene rings is 10. The van der Waals surface area contributed by atoms with Gasteiger partial charge in [-0.3, -0.25) is 0 Å². The average molecular weight is 857 g/mol. The van der Waals surface area contributed by atoms with Crippen molar-refractivity contribution in [3.8, 4) is 56.4 Å². The van der Waals surface area contributed by atoms with E-state index in [9.17, 15) is 10.2 Å². The monoisotopic (exact) mass is 856 g/mol. The molecule has 66 heavy (non-hydrogen) atoms. The minimum Gasteiger partial charge on any atom is -0.507 e. The van der Waals surface area contributed by atoms with Gasteiger partial charge in [0.25, 0.3) is 0 Å². The minimum absolute atomic E-state index is 0.254. The van der Waals surface area contributed by atoms with E-state index in [-0.39, 0.29) is 11.5 Å². The van der Waals surface area contributed by atoms with E-state index in [4.69, 9.17) is 8.83 Å². The lowest BCUT2D eigenvalue weighted by molar-refractivity contribution is 0.477. The summed E-state index contributed by atoms with van der Waals surface area (Å²) in [4.78, 5) is 0. The van der Waals surface area contributed by atoms with Crippen molar-refractivity contribution in [1.82, 2.24) is 0 Å². The summed E-state index contributed by atoms with van der Waals surface area (Å²) >= 11 is 0. The molecule has 0 amide bonds. The Morgan fingerprint density at radius 1 is 0.273 bits per heavy atom. The Balaban J connectivity index is 0.000000129. The molecule has 4 heteroatoms. The summed E-state index contributed by atoms with van der Waals surface area (Å²) in [5.74, 6) is 2.15. The maximum atomic E-state index is 11.0. The smallest absolute Gasteiger partial charge is 0.143 e. The maximum Gasteiger partial charge on any atom is 0.143 e. The number of fused-ring (bicyclic) bond motifs is 6. The van der Waals surface area contributed by atoms with E-state index in [2.05, 4.69) is 72.8 Å². The third kappa shape index (κ3) is 7.71. The van der Waals surface area contributed by atoms with Crippen LogP contribution in [0, 0.1) is 0 Å². The van der Waals surface area contributed by atoms with Crippen molar-refractivity contribution < 1.29 is 19.0 Å². The quantitative estimate of drug-likeness (QED) is 0.185. The third-order valence-electron chi connectivity index (χ3n) is 13.0. The first-order valence-corrected chi connectivity index (χ1v) is 23.0. The standard InChI is InChI=1S/2C28H18O2.C6H12/c2*29-24-15-14-18-8-4-6-12-22(18)26(24)27-23-13-7-5-11-20(23)16-21-17-25(30-28(21)27)19-9-2-1-3-10-19;1-2-4-6-5-3-1/h2*1-17,29H;1-6H2. The first-order chi connectivity index (χ1) is 32.6. The van der Waals surface area contributed by atoms with Crippen LogP contribution in [0.5, 0.6) is 11.5 Å². The van der Waals surface area contributed by atoms with Gasteiger partial charge in [-0.25, -0.2) is 0 Å². The first-order valence-electron chi connectivity index (χ1n) is 23.0. The number of furan rings is 2. The molecule has 0 aliphatic heterocycles. The number of hydrogen-bond acceptors (Lipinski definition) is 4. The Kier molecular flexibility index (Phi) is 11.0. The number of phenols is 2. The topological polar surface area (TPSA) is 66.7 Å². The van der Waals surface area contributed by atoms with Crippen molar-refractivity contribution in [2.24, 2.45) is 0 Å².